The maximum absolute atomic E-state index is 13.0. The van der Waals surface area contributed by atoms with Crippen LogP contribution in [-0.2, 0) is 12.7 Å². The van der Waals surface area contributed by atoms with Crippen molar-refractivity contribution >= 4 is 22.6 Å². The summed E-state index contributed by atoms with van der Waals surface area (Å²) in [4.78, 5) is 7.61. The highest BCUT2D eigenvalue weighted by atomic mass is 127. The van der Waals surface area contributed by atoms with Gasteiger partial charge in [-0.2, -0.15) is 13.2 Å². The summed E-state index contributed by atoms with van der Waals surface area (Å²) < 4.78 is 44.8. The zero-order chi connectivity index (χ0) is 14.8. The summed E-state index contributed by atoms with van der Waals surface area (Å²) in [6.45, 7) is 0.0173. The van der Waals surface area contributed by atoms with Gasteiger partial charge in [0.25, 0.3) is 0 Å². The molecule has 2 N–H and O–H groups in total. The van der Waals surface area contributed by atoms with Gasteiger partial charge < -0.3 is 10.5 Å². The van der Waals surface area contributed by atoms with Crippen LogP contribution in [0.4, 0.5) is 13.2 Å². The molecule has 0 radical (unpaired) electrons. The average Bonchev–Trinajstić information content (AvgIpc) is 2.40. The third kappa shape index (κ3) is 3.57. The Bertz CT molecular complexity index is 602. The molecule has 106 valence electrons. The molecule has 0 saturated heterocycles. The van der Waals surface area contributed by atoms with E-state index in [2.05, 4.69) is 9.97 Å². The molecule has 0 saturated carbocycles. The number of hydrogen-bond donors (Lipinski definition) is 1. The number of benzene rings is 1. The molecule has 0 atom stereocenters. The van der Waals surface area contributed by atoms with Crippen LogP contribution in [0.2, 0.25) is 0 Å². The van der Waals surface area contributed by atoms with Crippen LogP contribution in [0.5, 0.6) is 11.8 Å². The zero-order valence-corrected chi connectivity index (χ0v) is 12.1. The largest absolute Gasteiger partial charge is 0.424 e. The summed E-state index contributed by atoms with van der Waals surface area (Å²) in [5, 5.41) is 0. The van der Waals surface area contributed by atoms with Crippen molar-refractivity contribution in [2.75, 3.05) is 0 Å². The van der Waals surface area contributed by atoms with E-state index >= 15 is 0 Å². The van der Waals surface area contributed by atoms with Crippen LogP contribution >= 0.6 is 22.6 Å². The van der Waals surface area contributed by atoms with Gasteiger partial charge in [0.1, 0.15) is 5.75 Å². The summed E-state index contributed by atoms with van der Waals surface area (Å²) in [5.74, 6) is -0.351. The van der Waals surface area contributed by atoms with Crippen LogP contribution in [0, 0.1) is 3.57 Å². The molecule has 0 aliphatic carbocycles. The van der Waals surface area contributed by atoms with Crippen molar-refractivity contribution in [1.29, 1.82) is 0 Å². The normalized spacial score (nSPS) is 11.4. The molecule has 0 unspecified atom stereocenters. The van der Waals surface area contributed by atoms with Gasteiger partial charge in [-0.3, -0.25) is 0 Å². The summed E-state index contributed by atoms with van der Waals surface area (Å²) in [6, 6.07) is 3.50. The lowest BCUT2D eigenvalue weighted by molar-refractivity contribution is -0.138. The number of alkyl halides is 3. The molecule has 2 rings (SSSR count). The first-order valence-electron chi connectivity index (χ1n) is 5.45. The van der Waals surface area contributed by atoms with Crippen LogP contribution in [0.15, 0.2) is 30.6 Å². The second-order valence-electron chi connectivity index (χ2n) is 3.82. The lowest BCUT2D eigenvalue weighted by Crippen LogP contribution is -2.09. The Balaban J connectivity index is 2.38. The van der Waals surface area contributed by atoms with E-state index in [4.69, 9.17) is 10.5 Å². The minimum Gasteiger partial charge on any atom is -0.424 e. The molecule has 0 spiro atoms. The van der Waals surface area contributed by atoms with Crippen LogP contribution in [-0.4, -0.2) is 9.97 Å². The van der Waals surface area contributed by atoms with Crippen LogP contribution in [0.1, 0.15) is 11.1 Å². The van der Waals surface area contributed by atoms with Gasteiger partial charge in [-0.1, -0.05) is 6.07 Å². The summed E-state index contributed by atoms with van der Waals surface area (Å²) in [7, 11) is 0. The lowest BCUT2D eigenvalue weighted by Gasteiger charge is -2.13. The van der Waals surface area contributed by atoms with Crippen molar-refractivity contribution in [3.8, 4) is 11.8 Å². The molecule has 0 bridgehead atoms. The zero-order valence-electron chi connectivity index (χ0n) is 9.99. The van der Waals surface area contributed by atoms with Crippen molar-refractivity contribution < 1.29 is 17.9 Å². The van der Waals surface area contributed by atoms with E-state index < -0.39 is 11.7 Å². The van der Waals surface area contributed by atoms with E-state index in [1.807, 2.05) is 22.6 Å². The fourth-order valence-electron chi connectivity index (χ4n) is 1.47. The van der Waals surface area contributed by atoms with Crippen LogP contribution in [0.25, 0.3) is 0 Å². The SMILES string of the molecule is NCc1ccc(Oc2ncc(I)cn2)c(C(F)(F)F)c1. The Morgan fingerprint density at radius 1 is 1.20 bits per heavy atom. The monoisotopic (exact) mass is 395 g/mol. The van der Waals surface area contributed by atoms with E-state index in [0.29, 0.717) is 5.56 Å². The molecule has 1 aromatic heterocycles. The van der Waals surface area contributed by atoms with Crippen molar-refractivity contribution in [2.24, 2.45) is 5.73 Å². The maximum Gasteiger partial charge on any atom is 0.419 e. The molecule has 20 heavy (non-hydrogen) atoms. The molecule has 1 aromatic carbocycles. The van der Waals surface area contributed by atoms with E-state index in [1.165, 1.54) is 24.5 Å². The summed E-state index contributed by atoms with van der Waals surface area (Å²) >= 11 is 1.98. The van der Waals surface area contributed by atoms with E-state index in [9.17, 15) is 13.2 Å². The number of halogens is 4. The topological polar surface area (TPSA) is 61.0 Å². The van der Waals surface area contributed by atoms with Crippen molar-refractivity contribution in [3.63, 3.8) is 0 Å². The second kappa shape index (κ2) is 5.92. The van der Waals surface area contributed by atoms with Gasteiger partial charge in [0.05, 0.1) is 5.56 Å². The lowest BCUT2D eigenvalue weighted by atomic mass is 10.1. The highest BCUT2D eigenvalue weighted by Gasteiger charge is 2.35. The van der Waals surface area contributed by atoms with E-state index in [0.717, 1.165) is 9.64 Å². The van der Waals surface area contributed by atoms with Crippen molar-refractivity contribution in [1.82, 2.24) is 9.97 Å². The predicted octanol–water partition coefficient (Wildman–Crippen LogP) is 3.35. The van der Waals surface area contributed by atoms with Crippen LogP contribution in [0.3, 0.4) is 0 Å². The Labute approximate surface area is 126 Å². The third-order valence-corrected chi connectivity index (χ3v) is 2.94. The molecule has 0 amide bonds. The quantitative estimate of drug-likeness (QED) is 0.810. The van der Waals surface area contributed by atoms with Crippen LogP contribution < -0.4 is 10.5 Å². The molecule has 8 heteroatoms. The second-order valence-corrected chi connectivity index (χ2v) is 5.06. The van der Waals surface area contributed by atoms with Gasteiger partial charge in [-0.25, -0.2) is 9.97 Å². The molecule has 4 nitrogen and oxygen atoms in total. The Morgan fingerprint density at radius 2 is 1.85 bits per heavy atom. The molecular weight excluding hydrogens is 386 g/mol. The van der Waals surface area contributed by atoms with Gasteiger partial charge in [0, 0.05) is 22.5 Å². The highest BCUT2D eigenvalue weighted by Crippen LogP contribution is 2.38. The smallest absolute Gasteiger partial charge is 0.419 e. The number of aromatic nitrogens is 2. The number of nitrogens with zero attached hydrogens (tertiary/aromatic N) is 2. The van der Waals surface area contributed by atoms with Gasteiger partial charge in [-0.15, -0.1) is 0 Å². The van der Waals surface area contributed by atoms with Gasteiger partial charge in [0.15, 0.2) is 0 Å². The number of hydrogen-bond acceptors (Lipinski definition) is 4. The third-order valence-electron chi connectivity index (χ3n) is 2.38. The minimum absolute atomic E-state index is 0.0173. The average molecular weight is 395 g/mol. The molecule has 0 fully saturated rings. The first-order chi connectivity index (χ1) is 9.40. The standard InChI is InChI=1S/C12H9F3IN3O/c13-12(14,15)9-3-7(4-17)1-2-10(9)20-11-18-5-8(16)6-19-11/h1-3,5-6H,4,17H2. The molecule has 1 heterocycles. The molecule has 0 aliphatic rings. The van der Waals surface area contributed by atoms with Crippen molar-refractivity contribution in [2.45, 2.75) is 12.7 Å². The first kappa shape index (κ1) is 15.0. The molecule has 2 aromatic rings. The van der Waals surface area contributed by atoms with Gasteiger partial charge in [0.2, 0.25) is 0 Å². The van der Waals surface area contributed by atoms with Crippen molar-refractivity contribution in [3.05, 3.63) is 45.3 Å². The predicted molar refractivity (Wildman–Crippen MR) is 74.2 cm³/mol. The van der Waals surface area contributed by atoms with E-state index in [-0.39, 0.29) is 18.3 Å². The number of rotatable bonds is 3. The fourth-order valence-corrected chi connectivity index (χ4v) is 1.74. The Morgan fingerprint density at radius 3 is 2.40 bits per heavy atom. The minimum atomic E-state index is -4.54. The van der Waals surface area contributed by atoms with Gasteiger partial charge in [-0.05, 0) is 40.3 Å². The highest BCUT2D eigenvalue weighted by molar-refractivity contribution is 14.1. The summed E-state index contributed by atoms with van der Waals surface area (Å²) in [6.07, 6.45) is -1.64. The fraction of sp³-hybridized carbons (Fsp3) is 0.167. The Kier molecular flexibility index (Phi) is 4.43. The number of ether oxygens (including phenoxy) is 1. The molecular formula is C12H9F3IN3O. The maximum atomic E-state index is 13.0. The van der Waals surface area contributed by atoms with Gasteiger partial charge >= 0.3 is 12.2 Å². The summed E-state index contributed by atoms with van der Waals surface area (Å²) in [5.41, 5.74) is 4.82. The first-order valence-corrected chi connectivity index (χ1v) is 6.53. The number of nitrogens with two attached hydrogens (primary N) is 1. The van der Waals surface area contributed by atoms with E-state index in [1.54, 1.807) is 0 Å². The Hall–Kier alpha value is -1.42. The molecule has 0 aliphatic heterocycles.